The number of dihydropyridines is 1. The van der Waals surface area contributed by atoms with E-state index in [2.05, 4.69) is 11.4 Å². The van der Waals surface area contributed by atoms with Crippen molar-refractivity contribution in [3.05, 3.63) is 67.8 Å². The topological polar surface area (TPSA) is 92.3 Å². The number of rotatable bonds is 3. The lowest BCUT2D eigenvalue weighted by atomic mass is 9.80. The molecule has 0 fully saturated rings. The molecule has 0 aliphatic carbocycles. The van der Waals surface area contributed by atoms with Gasteiger partial charge in [-0.15, -0.1) is 0 Å². The van der Waals surface area contributed by atoms with Gasteiger partial charge in [0.15, 0.2) is 5.43 Å². The summed E-state index contributed by atoms with van der Waals surface area (Å²) in [4.78, 5) is 25.6. The fraction of sp³-hybridized carbons (Fsp3) is 0.348. The number of hydrogen-bond acceptors (Lipinski definition) is 6. The van der Waals surface area contributed by atoms with E-state index in [9.17, 15) is 14.9 Å². The van der Waals surface area contributed by atoms with Crippen molar-refractivity contribution >= 4 is 16.9 Å². The molecule has 1 aromatic heterocycles. The van der Waals surface area contributed by atoms with Crippen molar-refractivity contribution in [2.75, 3.05) is 0 Å². The zero-order chi connectivity index (χ0) is 21.5. The summed E-state index contributed by atoms with van der Waals surface area (Å²) in [6.45, 7) is 10.7. The normalized spacial score (nSPS) is 16.8. The molecule has 1 aromatic carbocycles. The summed E-state index contributed by atoms with van der Waals surface area (Å²) in [6, 6.07) is 7.30. The highest BCUT2D eigenvalue weighted by molar-refractivity contribution is 5.95. The second kappa shape index (κ2) is 7.59. The Balaban J connectivity index is 2.37. The Kier molecular flexibility index (Phi) is 5.34. The molecular weight excluding hydrogens is 368 g/mol. The lowest BCUT2D eigenvalue weighted by Gasteiger charge is -2.29. The monoisotopic (exact) mass is 392 g/mol. The Morgan fingerprint density at radius 1 is 1.21 bits per heavy atom. The van der Waals surface area contributed by atoms with Gasteiger partial charge < -0.3 is 14.5 Å². The van der Waals surface area contributed by atoms with Crippen molar-refractivity contribution in [3.63, 3.8) is 0 Å². The van der Waals surface area contributed by atoms with E-state index in [0.29, 0.717) is 44.8 Å². The number of nitriles is 1. The van der Waals surface area contributed by atoms with E-state index in [1.165, 1.54) is 6.07 Å². The number of carbonyl (C=O) groups excluding carboxylic acids is 1. The van der Waals surface area contributed by atoms with Crippen LogP contribution in [-0.2, 0) is 9.53 Å². The fourth-order valence-corrected chi connectivity index (χ4v) is 3.79. The van der Waals surface area contributed by atoms with Gasteiger partial charge in [-0.3, -0.25) is 4.79 Å². The van der Waals surface area contributed by atoms with Gasteiger partial charge in [-0.1, -0.05) is 12.1 Å². The lowest BCUT2D eigenvalue weighted by Crippen LogP contribution is -2.30. The van der Waals surface area contributed by atoms with Gasteiger partial charge in [0.05, 0.1) is 34.6 Å². The molecular formula is C23H24N2O4. The molecule has 1 atom stereocenters. The van der Waals surface area contributed by atoms with E-state index in [-0.39, 0.29) is 11.5 Å². The van der Waals surface area contributed by atoms with Crippen LogP contribution in [0.1, 0.15) is 50.5 Å². The maximum Gasteiger partial charge on any atom is 0.337 e. The van der Waals surface area contributed by atoms with Gasteiger partial charge in [-0.25, -0.2) is 4.79 Å². The first-order valence-corrected chi connectivity index (χ1v) is 9.49. The number of benzene rings is 1. The number of carbonyl (C=O) groups is 1. The molecule has 29 heavy (non-hydrogen) atoms. The van der Waals surface area contributed by atoms with Crippen molar-refractivity contribution in [3.8, 4) is 6.07 Å². The zero-order valence-corrected chi connectivity index (χ0v) is 17.5. The van der Waals surface area contributed by atoms with E-state index < -0.39 is 11.9 Å². The molecule has 1 N–H and O–H groups in total. The second-order valence-corrected chi connectivity index (χ2v) is 7.60. The number of fused-ring (bicyclic) bond motifs is 1. The Labute approximate surface area is 169 Å². The summed E-state index contributed by atoms with van der Waals surface area (Å²) < 4.78 is 11.4. The van der Waals surface area contributed by atoms with E-state index in [1.54, 1.807) is 34.6 Å². The lowest BCUT2D eigenvalue weighted by molar-refractivity contribution is -0.143. The van der Waals surface area contributed by atoms with Crippen LogP contribution in [0, 0.1) is 25.2 Å². The molecule has 2 heterocycles. The smallest absolute Gasteiger partial charge is 0.337 e. The molecule has 150 valence electrons. The van der Waals surface area contributed by atoms with Crippen LogP contribution >= 0.6 is 0 Å². The SMILES string of the molecule is CC1=C(C#N)C(c2ccc(C)c3c(=O)cc(C)oc23)C(C(=O)OC(C)C)=C(C)N1. The fourth-order valence-electron chi connectivity index (χ4n) is 3.79. The van der Waals surface area contributed by atoms with Crippen LogP contribution in [0.3, 0.4) is 0 Å². The molecule has 1 aliphatic rings. The Bertz CT molecular complexity index is 1180. The number of nitrogens with zero attached hydrogens (tertiary/aromatic N) is 1. The third kappa shape index (κ3) is 3.56. The van der Waals surface area contributed by atoms with Crippen LogP contribution in [0.15, 0.2) is 50.0 Å². The number of hydrogen-bond donors (Lipinski definition) is 1. The van der Waals surface area contributed by atoms with E-state index >= 15 is 0 Å². The third-order valence-electron chi connectivity index (χ3n) is 4.99. The molecule has 0 spiro atoms. The van der Waals surface area contributed by atoms with Gasteiger partial charge >= 0.3 is 5.97 Å². The van der Waals surface area contributed by atoms with E-state index in [4.69, 9.17) is 9.15 Å². The molecule has 2 aromatic rings. The molecule has 0 bridgehead atoms. The number of aryl methyl sites for hydroxylation is 2. The van der Waals surface area contributed by atoms with Crippen LogP contribution in [0.4, 0.5) is 0 Å². The van der Waals surface area contributed by atoms with Gasteiger partial charge in [0.25, 0.3) is 0 Å². The average Bonchev–Trinajstić information content (AvgIpc) is 2.60. The highest BCUT2D eigenvalue weighted by Crippen LogP contribution is 2.41. The van der Waals surface area contributed by atoms with Crippen LogP contribution in [0.5, 0.6) is 0 Å². The second-order valence-electron chi connectivity index (χ2n) is 7.60. The maximum atomic E-state index is 13.0. The first-order chi connectivity index (χ1) is 13.6. The largest absolute Gasteiger partial charge is 0.461 e. The van der Waals surface area contributed by atoms with Crippen molar-refractivity contribution in [2.24, 2.45) is 0 Å². The minimum absolute atomic E-state index is 0.150. The highest BCUT2D eigenvalue weighted by Gasteiger charge is 2.36. The van der Waals surface area contributed by atoms with E-state index in [1.807, 2.05) is 19.1 Å². The predicted octanol–water partition coefficient (Wildman–Crippen LogP) is 4.12. The Morgan fingerprint density at radius 2 is 1.90 bits per heavy atom. The molecule has 0 radical (unpaired) electrons. The predicted molar refractivity (Wildman–Crippen MR) is 110 cm³/mol. The summed E-state index contributed by atoms with van der Waals surface area (Å²) in [5.74, 6) is -0.728. The van der Waals surface area contributed by atoms with Crippen molar-refractivity contribution < 1.29 is 13.9 Å². The molecule has 0 saturated carbocycles. The van der Waals surface area contributed by atoms with Gasteiger partial charge in [0.2, 0.25) is 0 Å². The Hall–Kier alpha value is -3.33. The molecule has 6 nitrogen and oxygen atoms in total. The molecule has 6 heteroatoms. The average molecular weight is 392 g/mol. The molecule has 0 amide bonds. The number of allylic oxidation sites excluding steroid dienone is 3. The highest BCUT2D eigenvalue weighted by atomic mass is 16.5. The van der Waals surface area contributed by atoms with Crippen molar-refractivity contribution in [1.82, 2.24) is 5.32 Å². The first kappa shape index (κ1) is 20.4. The maximum absolute atomic E-state index is 13.0. The third-order valence-corrected chi connectivity index (χ3v) is 4.99. The van der Waals surface area contributed by atoms with Crippen LogP contribution in [-0.4, -0.2) is 12.1 Å². The number of nitrogens with one attached hydrogen (secondary N) is 1. The van der Waals surface area contributed by atoms with Crippen molar-refractivity contribution in [1.29, 1.82) is 5.26 Å². The summed E-state index contributed by atoms with van der Waals surface area (Å²) >= 11 is 0. The summed E-state index contributed by atoms with van der Waals surface area (Å²) in [5, 5.41) is 13.4. The van der Waals surface area contributed by atoms with Crippen LogP contribution in [0.25, 0.3) is 11.0 Å². The zero-order valence-electron chi connectivity index (χ0n) is 17.5. The van der Waals surface area contributed by atoms with Crippen LogP contribution < -0.4 is 10.7 Å². The van der Waals surface area contributed by atoms with Gasteiger partial charge in [0, 0.05) is 23.0 Å². The first-order valence-electron chi connectivity index (χ1n) is 9.49. The molecule has 1 aliphatic heterocycles. The summed E-state index contributed by atoms with van der Waals surface area (Å²) in [7, 11) is 0. The number of ether oxygens (including phenoxy) is 1. The molecule has 1 unspecified atom stereocenters. The standard InChI is InChI=1S/C23H24N2O4/c1-11(2)28-23(27)20-15(6)25-14(5)17(10-24)21(20)16-8-7-12(3)19-18(26)9-13(4)29-22(16)19/h7-9,11,21,25H,1-6H3. The Morgan fingerprint density at radius 3 is 2.52 bits per heavy atom. The number of esters is 1. The van der Waals surface area contributed by atoms with Gasteiger partial charge in [-0.2, -0.15) is 5.26 Å². The van der Waals surface area contributed by atoms with E-state index in [0.717, 1.165) is 5.56 Å². The van der Waals surface area contributed by atoms with Gasteiger partial charge in [0.1, 0.15) is 11.3 Å². The summed E-state index contributed by atoms with van der Waals surface area (Å²) in [5.41, 5.74) is 3.61. The quantitative estimate of drug-likeness (QED) is 0.790. The van der Waals surface area contributed by atoms with Crippen LogP contribution in [0.2, 0.25) is 0 Å². The minimum atomic E-state index is -0.694. The molecule has 3 rings (SSSR count). The van der Waals surface area contributed by atoms with Crippen molar-refractivity contribution in [2.45, 2.75) is 53.6 Å². The minimum Gasteiger partial charge on any atom is -0.461 e. The van der Waals surface area contributed by atoms with Gasteiger partial charge in [-0.05, 0) is 47.1 Å². The molecule has 0 saturated heterocycles. The summed E-state index contributed by atoms with van der Waals surface area (Å²) in [6.07, 6.45) is -0.309.